The lowest BCUT2D eigenvalue weighted by Crippen LogP contribution is -2.36. The van der Waals surface area contributed by atoms with Crippen molar-refractivity contribution in [2.24, 2.45) is 0 Å². The van der Waals surface area contributed by atoms with Crippen LogP contribution in [-0.2, 0) is 14.6 Å². The minimum absolute atomic E-state index is 0.0320. The summed E-state index contributed by atoms with van der Waals surface area (Å²) >= 11 is 0. The largest absolute Gasteiger partial charge is 0.352 e. The molecule has 1 aromatic rings. The molecule has 0 atom stereocenters. The molecule has 0 unspecified atom stereocenters. The predicted molar refractivity (Wildman–Crippen MR) is 68.9 cm³/mol. The Bertz CT molecular complexity index is 548. The first-order valence-electron chi connectivity index (χ1n) is 6.25. The Morgan fingerprint density at radius 1 is 1.21 bits per heavy atom. The van der Waals surface area contributed by atoms with E-state index in [0.29, 0.717) is 0 Å². The Morgan fingerprint density at radius 3 is 2.37 bits per heavy atom. The number of rotatable bonds is 4. The van der Waals surface area contributed by atoms with Crippen LogP contribution in [0.1, 0.15) is 25.7 Å². The molecular formula is C13H16FNO3S. The molecule has 1 aliphatic rings. The first-order valence-corrected chi connectivity index (χ1v) is 7.90. The molecule has 1 fully saturated rings. The van der Waals surface area contributed by atoms with Crippen LogP contribution in [0.15, 0.2) is 29.2 Å². The van der Waals surface area contributed by atoms with E-state index in [-0.39, 0.29) is 10.9 Å². The average Bonchev–Trinajstić information content (AvgIpc) is 2.81. The van der Waals surface area contributed by atoms with Crippen molar-refractivity contribution < 1.29 is 17.6 Å². The molecule has 1 amide bonds. The van der Waals surface area contributed by atoms with Crippen LogP contribution in [0.5, 0.6) is 0 Å². The molecule has 4 nitrogen and oxygen atoms in total. The number of nitrogens with one attached hydrogen (secondary N) is 1. The molecule has 0 spiro atoms. The zero-order valence-corrected chi connectivity index (χ0v) is 11.2. The molecule has 0 bridgehead atoms. The van der Waals surface area contributed by atoms with Gasteiger partial charge in [-0.15, -0.1) is 0 Å². The van der Waals surface area contributed by atoms with Crippen LogP contribution in [0.4, 0.5) is 4.39 Å². The monoisotopic (exact) mass is 285 g/mol. The van der Waals surface area contributed by atoms with Crippen molar-refractivity contribution in [2.45, 2.75) is 36.6 Å². The minimum Gasteiger partial charge on any atom is -0.352 e. The van der Waals surface area contributed by atoms with Crippen molar-refractivity contribution in [3.63, 3.8) is 0 Å². The number of benzene rings is 1. The van der Waals surface area contributed by atoms with Crippen LogP contribution in [0, 0.1) is 5.82 Å². The van der Waals surface area contributed by atoms with Gasteiger partial charge >= 0.3 is 0 Å². The van der Waals surface area contributed by atoms with Crippen molar-refractivity contribution in [1.29, 1.82) is 0 Å². The topological polar surface area (TPSA) is 63.2 Å². The molecule has 0 aromatic heterocycles. The summed E-state index contributed by atoms with van der Waals surface area (Å²) in [5.74, 6) is -1.58. The number of hydrogen-bond acceptors (Lipinski definition) is 3. The molecule has 1 saturated carbocycles. The molecule has 1 aromatic carbocycles. The molecule has 2 rings (SSSR count). The normalized spacial score (nSPS) is 16.5. The molecule has 1 aliphatic carbocycles. The highest BCUT2D eigenvalue weighted by Gasteiger charge is 2.22. The molecule has 0 aliphatic heterocycles. The Hall–Kier alpha value is -1.43. The van der Waals surface area contributed by atoms with Gasteiger partial charge in [0.15, 0.2) is 9.84 Å². The lowest BCUT2D eigenvalue weighted by molar-refractivity contribution is -0.119. The zero-order chi connectivity index (χ0) is 13.9. The summed E-state index contributed by atoms with van der Waals surface area (Å²) in [6.45, 7) is 0. The van der Waals surface area contributed by atoms with Gasteiger partial charge in [-0.3, -0.25) is 4.79 Å². The fraction of sp³-hybridized carbons (Fsp3) is 0.462. The van der Waals surface area contributed by atoms with E-state index in [4.69, 9.17) is 0 Å². The van der Waals surface area contributed by atoms with E-state index in [1.165, 1.54) is 12.1 Å². The molecule has 1 N–H and O–H groups in total. The molecule has 6 heteroatoms. The molecule has 0 radical (unpaired) electrons. The molecule has 0 heterocycles. The van der Waals surface area contributed by atoms with Gasteiger partial charge in [0.25, 0.3) is 0 Å². The van der Waals surface area contributed by atoms with E-state index in [9.17, 15) is 17.6 Å². The second-order valence-corrected chi connectivity index (χ2v) is 6.75. The van der Waals surface area contributed by atoms with Crippen LogP contribution in [0.25, 0.3) is 0 Å². The van der Waals surface area contributed by atoms with Crippen molar-refractivity contribution in [2.75, 3.05) is 5.75 Å². The molecule has 0 saturated heterocycles. The van der Waals surface area contributed by atoms with Crippen LogP contribution in [-0.4, -0.2) is 26.1 Å². The summed E-state index contributed by atoms with van der Waals surface area (Å²) in [6.07, 6.45) is 3.94. The first-order chi connectivity index (χ1) is 8.97. The smallest absolute Gasteiger partial charge is 0.235 e. The molecular weight excluding hydrogens is 269 g/mol. The summed E-state index contributed by atoms with van der Waals surface area (Å²) in [6, 6.07) is 4.58. The Labute approximate surface area is 111 Å². The van der Waals surface area contributed by atoms with Crippen molar-refractivity contribution in [3.8, 4) is 0 Å². The third-order valence-corrected chi connectivity index (χ3v) is 4.85. The highest BCUT2D eigenvalue weighted by Crippen LogP contribution is 2.18. The minimum atomic E-state index is -3.70. The molecule has 19 heavy (non-hydrogen) atoms. The van der Waals surface area contributed by atoms with Crippen LogP contribution < -0.4 is 5.32 Å². The Balaban J connectivity index is 2.00. The van der Waals surface area contributed by atoms with Crippen LogP contribution >= 0.6 is 0 Å². The van der Waals surface area contributed by atoms with E-state index in [0.717, 1.165) is 37.8 Å². The van der Waals surface area contributed by atoms with Gasteiger partial charge in [0.05, 0.1) is 4.90 Å². The number of carbonyl (C=O) groups excluding carboxylic acids is 1. The van der Waals surface area contributed by atoms with Crippen LogP contribution in [0.2, 0.25) is 0 Å². The van der Waals surface area contributed by atoms with Gasteiger partial charge < -0.3 is 5.32 Å². The van der Waals surface area contributed by atoms with E-state index in [2.05, 4.69) is 5.32 Å². The SMILES string of the molecule is O=C(CS(=O)(=O)c1ccc(F)cc1)NC1CCCC1. The van der Waals surface area contributed by atoms with Gasteiger partial charge in [-0.05, 0) is 37.1 Å². The molecule has 104 valence electrons. The Morgan fingerprint density at radius 2 is 1.79 bits per heavy atom. The zero-order valence-electron chi connectivity index (χ0n) is 10.4. The van der Waals surface area contributed by atoms with E-state index in [1.54, 1.807) is 0 Å². The predicted octanol–water partition coefficient (Wildman–Crippen LogP) is 1.66. The van der Waals surface area contributed by atoms with Gasteiger partial charge in [-0.25, -0.2) is 12.8 Å². The maximum Gasteiger partial charge on any atom is 0.235 e. The number of halogens is 1. The summed E-state index contributed by atoms with van der Waals surface area (Å²) in [5.41, 5.74) is 0. The van der Waals surface area contributed by atoms with E-state index < -0.39 is 27.3 Å². The fourth-order valence-electron chi connectivity index (χ4n) is 2.24. The number of hydrogen-bond donors (Lipinski definition) is 1. The summed E-state index contributed by atoms with van der Waals surface area (Å²) in [4.78, 5) is 11.7. The summed E-state index contributed by atoms with van der Waals surface area (Å²) in [5, 5.41) is 2.72. The van der Waals surface area contributed by atoms with Crippen molar-refractivity contribution in [3.05, 3.63) is 30.1 Å². The van der Waals surface area contributed by atoms with Crippen molar-refractivity contribution in [1.82, 2.24) is 5.32 Å². The quantitative estimate of drug-likeness (QED) is 0.856. The van der Waals surface area contributed by atoms with E-state index >= 15 is 0 Å². The lowest BCUT2D eigenvalue weighted by Gasteiger charge is -2.12. The maximum absolute atomic E-state index is 12.7. The second-order valence-electron chi connectivity index (χ2n) is 4.76. The average molecular weight is 285 g/mol. The van der Waals surface area contributed by atoms with Crippen LogP contribution in [0.3, 0.4) is 0 Å². The third kappa shape index (κ3) is 3.76. The summed E-state index contributed by atoms with van der Waals surface area (Å²) < 4.78 is 36.6. The third-order valence-electron chi connectivity index (χ3n) is 3.21. The van der Waals surface area contributed by atoms with Gasteiger partial charge in [-0.2, -0.15) is 0 Å². The summed E-state index contributed by atoms with van der Waals surface area (Å²) in [7, 11) is -3.70. The Kier molecular flexibility index (Phi) is 4.19. The lowest BCUT2D eigenvalue weighted by atomic mass is 10.2. The number of sulfone groups is 1. The van der Waals surface area contributed by atoms with E-state index in [1.807, 2.05) is 0 Å². The number of amides is 1. The first kappa shape index (κ1) is 14.0. The highest BCUT2D eigenvalue weighted by atomic mass is 32.2. The van der Waals surface area contributed by atoms with Gasteiger partial charge in [0.1, 0.15) is 11.6 Å². The van der Waals surface area contributed by atoms with Gasteiger partial charge in [0, 0.05) is 6.04 Å². The standard InChI is InChI=1S/C13H16FNO3S/c14-10-5-7-12(8-6-10)19(17,18)9-13(16)15-11-3-1-2-4-11/h5-8,11H,1-4,9H2,(H,15,16). The number of carbonyl (C=O) groups is 1. The maximum atomic E-state index is 12.7. The second kappa shape index (κ2) is 5.69. The highest BCUT2D eigenvalue weighted by molar-refractivity contribution is 7.92. The fourth-order valence-corrected chi connectivity index (χ4v) is 3.38. The van der Waals surface area contributed by atoms with Gasteiger partial charge in [0.2, 0.25) is 5.91 Å². The van der Waals surface area contributed by atoms with Crippen molar-refractivity contribution >= 4 is 15.7 Å². The van der Waals surface area contributed by atoms with Gasteiger partial charge in [-0.1, -0.05) is 12.8 Å².